The average Bonchev–Trinajstić information content (AvgIpc) is 3.24. The van der Waals surface area contributed by atoms with E-state index in [9.17, 15) is 14.0 Å². The lowest BCUT2D eigenvalue weighted by atomic mass is 10.0. The number of carbonyl (C=O) groups is 2. The molecular weight excluding hydrogens is 295 g/mol. The molecule has 1 aromatic carbocycles. The highest BCUT2D eigenvalue weighted by Crippen LogP contribution is 2.37. The third-order valence-electron chi connectivity index (χ3n) is 4.03. The molecule has 2 fully saturated rings. The molecule has 2 atom stereocenters. The molecule has 3 rings (SSSR count). The Bertz CT molecular complexity index is 603. The number of hydrogen-bond donors (Lipinski definition) is 1. The summed E-state index contributed by atoms with van der Waals surface area (Å²) in [5.74, 6) is -0.554. The van der Waals surface area contributed by atoms with Gasteiger partial charge in [-0.2, -0.15) is 0 Å². The van der Waals surface area contributed by atoms with Gasteiger partial charge < -0.3 is 10.2 Å². The van der Waals surface area contributed by atoms with Crippen LogP contribution in [0.25, 0.3) is 0 Å². The molecule has 0 bridgehead atoms. The van der Waals surface area contributed by atoms with E-state index in [1.807, 2.05) is 0 Å². The van der Waals surface area contributed by atoms with Crippen LogP contribution in [0.1, 0.15) is 25.3 Å². The summed E-state index contributed by atoms with van der Waals surface area (Å²) >= 11 is 5.89. The smallest absolute Gasteiger partial charge is 0.245 e. The Morgan fingerprint density at radius 3 is 2.76 bits per heavy atom. The summed E-state index contributed by atoms with van der Waals surface area (Å²) in [5, 5.41) is 3.11. The number of carbonyl (C=O) groups excluding carboxylic acids is 2. The van der Waals surface area contributed by atoms with E-state index in [0.29, 0.717) is 10.6 Å². The highest BCUT2D eigenvalue weighted by Gasteiger charge is 2.46. The van der Waals surface area contributed by atoms with Crippen molar-refractivity contribution >= 4 is 23.4 Å². The van der Waals surface area contributed by atoms with Crippen molar-refractivity contribution in [3.8, 4) is 0 Å². The van der Waals surface area contributed by atoms with Gasteiger partial charge in [0.2, 0.25) is 11.8 Å². The van der Waals surface area contributed by atoms with Crippen molar-refractivity contribution in [2.75, 3.05) is 0 Å². The van der Waals surface area contributed by atoms with E-state index in [-0.39, 0.29) is 24.3 Å². The van der Waals surface area contributed by atoms with Crippen LogP contribution < -0.4 is 5.32 Å². The van der Waals surface area contributed by atoms with Crippen molar-refractivity contribution in [2.45, 2.75) is 38.4 Å². The first-order valence-corrected chi connectivity index (χ1v) is 7.40. The summed E-state index contributed by atoms with van der Waals surface area (Å²) in [6, 6.07) is 3.18. The van der Waals surface area contributed by atoms with Crippen LogP contribution in [-0.2, 0) is 16.1 Å². The third-order valence-corrected chi connectivity index (χ3v) is 4.27. The number of hydrogen-bond acceptors (Lipinski definition) is 2. The Balaban J connectivity index is 1.90. The molecule has 2 aliphatic rings. The molecule has 6 heteroatoms. The third kappa shape index (κ3) is 2.75. The van der Waals surface area contributed by atoms with E-state index < -0.39 is 17.9 Å². The fourth-order valence-electron chi connectivity index (χ4n) is 2.79. The molecule has 1 aromatic rings. The van der Waals surface area contributed by atoms with Crippen LogP contribution in [-0.4, -0.2) is 28.8 Å². The molecule has 2 unspecified atom stereocenters. The van der Waals surface area contributed by atoms with Crippen molar-refractivity contribution in [1.82, 2.24) is 10.2 Å². The zero-order valence-corrected chi connectivity index (χ0v) is 12.4. The van der Waals surface area contributed by atoms with E-state index in [1.165, 1.54) is 23.1 Å². The Kier molecular flexibility index (Phi) is 3.61. The highest BCUT2D eigenvalue weighted by atomic mass is 35.5. The minimum absolute atomic E-state index is 0.0736. The molecule has 1 saturated heterocycles. The monoisotopic (exact) mass is 310 g/mol. The Morgan fingerprint density at radius 2 is 2.10 bits per heavy atom. The lowest BCUT2D eigenvalue weighted by molar-refractivity contribution is -0.150. The molecule has 0 radical (unpaired) electrons. The topological polar surface area (TPSA) is 49.4 Å². The zero-order chi connectivity index (χ0) is 15.1. The van der Waals surface area contributed by atoms with Gasteiger partial charge >= 0.3 is 0 Å². The molecule has 1 aliphatic heterocycles. The standard InChI is InChI=1S/C15H16ClFN2O2/c1-8-15(21)19(13(9-2-3-9)14(20)18-8)7-10-6-11(16)4-5-12(10)17/h4-6,8-9,13H,2-3,7H2,1H3,(H,18,20). The van der Waals surface area contributed by atoms with Crippen molar-refractivity contribution in [1.29, 1.82) is 0 Å². The normalized spacial score (nSPS) is 26.0. The van der Waals surface area contributed by atoms with Gasteiger partial charge in [-0.1, -0.05) is 11.6 Å². The van der Waals surface area contributed by atoms with E-state index >= 15 is 0 Å². The number of halogens is 2. The van der Waals surface area contributed by atoms with Gasteiger partial charge in [0, 0.05) is 17.1 Å². The quantitative estimate of drug-likeness (QED) is 0.929. The molecule has 1 heterocycles. The summed E-state index contributed by atoms with van der Waals surface area (Å²) in [4.78, 5) is 26.0. The molecule has 2 amide bonds. The second kappa shape index (κ2) is 5.30. The second-order valence-corrected chi connectivity index (χ2v) is 6.15. The molecular formula is C15H16ClFN2O2. The highest BCUT2D eigenvalue weighted by molar-refractivity contribution is 6.30. The largest absolute Gasteiger partial charge is 0.343 e. The molecule has 4 nitrogen and oxygen atoms in total. The van der Waals surface area contributed by atoms with E-state index in [2.05, 4.69) is 5.32 Å². The Labute approximate surface area is 127 Å². The molecule has 112 valence electrons. The van der Waals surface area contributed by atoms with Crippen LogP contribution in [0.5, 0.6) is 0 Å². The van der Waals surface area contributed by atoms with Crippen LogP contribution in [0.2, 0.25) is 5.02 Å². The average molecular weight is 311 g/mol. The summed E-state index contributed by atoms with van der Waals surface area (Å²) in [6.07, 6.45) is 1.85. The van der Waals surface area contributed by atoms with Gasteiger partial charge in [-0.15, -0.1) is 0 Å². The first-order chi connectivity index (χ1) is 9.97. The van der Waals surface area contributed by atoms with Gasteiger partial charge in [-0.05, 0) is 43.9 Å². The predicted molar refractivity (Wildman–Crippen MR) is 76.1 cm³/mol. The maximum atomic E-state index is 13.9. The van der Waals surface area contributed by atoms with Gasteiger partial charge in [0.25, 0.3) is 0 Å². The lowest BCUT2D eigenvalue weighted by Crippen LogP contribution is -2.62. The van der Waals surface area contributed by atoms with Gasteiger partial charge in [0.15, 0.2) is 0 Å². The summed E-state index contributed by atoms with van der Waals surface area (Å²) in [7, 11) is 0. The number of rotatable bonds is 3. The number of benzene rings is 1. The Hall–Kier alpha value is -1.62. The Morgan fingerprint density at radius 1 is 1.38 bits per heavy atom. The number of nitrogens with one attached hydrogen (secondary N) is 1. The minimum atomic E-state index is -0.574. The van der Waals surface area contributed by atoms with Crippen LogP contribution >= 0.6 is 11.6 Å². The molecule has 21 heavy (non-hydrogen) atoms. The maximum absolute atomic E-state index is 13.9. The van der Waals surface area contributed by atoms with Crippen molar-refractivity contribution in [3.63, 3.8) is 0 Å². The van der Waals surface area contributed by atoms with Gasteiger partial charge in [-0.25, -0.2) is 4.39 Å². The number of piperazine rings is 1. The first-order valence-electron chi connectivity index (χ1n) is 7.02. The molecule has 1 saturated carbocycles. The van der Waals surface area contributed by atoms with Crippen molar-refractivity contribution in [2.24, 2.45) is 5.92 Å². The first kappa shape index (κ1) is 14.3. The van der Waals surface area contributed by atoms with Crippen LogP contribution in [0.3, 0.4) is 0 Å². The molecule has 1 aliphatic carbocycles. The van der Waals surface area contributed by atoms with E-state index in [1.54, 1.807) is 6.92 Å². The minimum Gasteiger partial charge on any atom is -0.343 e. The van der Waals surface area contributed by atoms with Crippen LogP contribution in [0.15, 0.2) is 18.2 Å². The summed E-state index contributed by atoms with van der Waals surface area (Å²) in [6.45, 7) is 1.72. The number of nitrogens with zero attached hydrogens (tertiary/aromatic N) is 1. The van der Waals surface area contributed by atoms with Crippen molar-refractivity contribution < 1.29 is 14.0 Å². The maximum Gasteiger partial charge on any atom is 0.245 e. The molecule has 0 spiro atoms. The lowest BCUT2D eigenvalue weighted by Gasteiger charge is -2.38. The van der Waals surface area contributed by atoms with E-state index in [4.69, 9.17) is 11.6 Å². The fourth-order valence-corrected chi connectivity index (χ4v) is 2.99. The van der Waals surface area contributed by atoms with E-state index in [0.717, 1.165) is 12.8 Å². The van der Waals surface area contributed by atoms with Crippen LogP contribution in [0.4, 0.5) is 4.39 Å². The number of amides is 2. The fraction of sp³-hybridized carbons (Fsp3) is 0.467. The van der Waals surface area contributed by atoms with Crippen LogP contribution in [0, 0.1) is 11.7 Å². The van der Waals surface area contributed by atoms with Gasteiger partial charge in [-0.3, -0.25) is 9.59 Å². The summed E-state index contributed by atoms with van der Waals surface area (Å²) in [5.41, 5.74) is 0.336. The molecule has 1 N–H and O–H groups in total. The van der Waals surface area contributed by atoms with Gasteiger partial charge in [0.05, 0.1) is 0 Å². The zero-order valence-electron chi connectivity index (χ0n) is 11.6. The molecule has 0 aromatic heterocycles. The van der Waals surface area contributed by atoms with Gasteiger partial charge in [0.1, 0.15) is 17.9 Å². The predicted octanol–water partition coefficient (Wildman–Crippen LogP) is 2.10. The second-order valence-electron chi connectivity index (χ2n) is 5.71. The SMILES string of the molecule is CC1NC(=O)C(C2CC2)N(Cc2cc(Cl)ccc2F)C1=O. The van der Waals surface area contributed by atoms with Crippen molar-refractivity contribution in [3.05, 3.63) is 34.6 Å². The summed E-state index contributed by atoms with van der Waals surface area (Å²) < 4.78 is 13.9.